The zero-order valence-corrected chi connectivity index (χ0v) is 10.4. The molecule has 0 spiro atoms. The molecule has 0 heterocycles. The Morgan fingerprint density at radius 2 is 1.74 bits per heavy atom. The number of hydrogen-bond donors (Lipinski definition) is 0. The molecule has 2 aromatic carbocycles. The molecule has 19 heavy (non-hydrogen) atoms. The van der Waals surface area contributed by atoms with Gasteiger partial charge in [0.05, 0.1) is 23.8 Å². The van der Waals surface area contributed by atoms with Crippen LogP contribution in [0, 0.1) is 11.3 Å². The summed E-state index contributed by atoms with van der Waals surface area (Å²) in [6.07, 6.45) is 0.697. The number of ether oxygens (including phenoxy) is 1. The fourth-order valence-electron chi connectivity index (χ4n) is 1.67. The lowest BCUT2D eigenvalue weighted by atomic mass is 10.1. The predicted octanol–water partition coefficient (Wildman–Crippen LogP) is 2.96. The third-order valence-electron chi connectivity index (χ3n) is 2.72. The number of benzene rings is 2. The Balaban J connectivity index is 1.86. The van der Waals surface area contributed by atoms with Gasteiger partial charge in [-0.3, -0.25) is 0 Å². The Bertz CT molecular complexity index is 582. The van der Waals surface area contributed by atoms with Crippen LogP contribution in [-0.2, 0) is 11.2 Å². The quantitative estimate of drug-likeness (QED) is 0.785. The van der Waals surface area contributed by atoms with Crippen LogP contribution >= 0.6 is 0 Å². The van der Waals surface area contributed by atoms with E-state index in [9.17, 15) is 4.79 Å². The molecule has 0 aromatic heterocycles. The summed E-state index contributed by atoms with van der Waals surface area (Å²) in [4.78, 5) is 11.7. The van der Waals surface area contributed by atoms with Crippen LogP contribution in [0.2, 0.25) is 0 Å². The second kappa shape index (κ2) is 6.36. The molecule has 0 atom stereocenters. The molecule has 0 bridgehead atoms. The second-order valence-corrected chi connectivity index (χ2v) is 4.06. The fourth-order valence-corrected chi connectivity index (χ4v) is 1.67. The minimum Gasteiger partial charge on any atom is -0.462 e. The summed E-state index contributed by atoms with van der Waals surface area (Å²) in [5, 5.41) is 8.67. The summed E-state index contributed by atoms with van der Waals surface area (Å²) >= 11 is 0. The first-order chi connectivity index (χ1) is 9.29. The monoisotopic (exact) mass is 251 g/mol. The maximum absolute atomic E-state index is 11.7. The van der Waals surface area contributed by atoms with Crippen LogP contribution in [0.3, 0.4) is 0 Å². The molecular weight excluding hydrogens is 238 g/mol. The van der Waals surface area contributed by atoms with Crippen LogP contribution < -0.4 is 0 Å². The van der Waals surface area contributed by atoms with Crippen LogP contribution in [0.4, 0.5) is 0 Å². The molecule has 0 saturated heterocycles. The van der Waals surface area contributed by atoms with Crippen LogP contribution in [0.15, 0.2) is 54.6 Å². The van der Waals surface area contributed by atoms with Gasteiger partial charge in [-0.25, -0.2) is 4.79 Å². The minimum absolute atomic E-state index is 0.350. The van der Waals surface area contributed by atoms with Gasteiger partial charge in [0.25, 0.3) is 0 Å². The number of nitrogens with zero attached hydrogens (tertiary/aromatic N) is 1. The molecule has 0 unspecified atom stereocenters. The molecule has 94 valence electrons. The Kier molecular flexibility index (Phi) is 4.30. The first kappa shape index (κ1) is 12.8. The number of carbonyl (C=O) groups excluding carboxylic acids is 1. The van der Waals surface area contributed by atoms with Crippen molar-refractivity contribution < 1.29 is 9.53 Å². The molecule has 2 aromatic rings. The van der Waals surface area contributed by atoms with Crippen LogP contribution in [-0.4, -0.2) is 12.6 Å². The molecular formula is C16H13NO2. The SMILES string of the molecule is N#Cc1ccc(C(=O)OCCc2ccccc2)cc1. The Morgan fingerprint density at radius 1 is 1.05 bits per heavy atom. The number of esters is 1. The van der Waals surface area contributed by atoms with Crippen molar-refractivity contribution in [2.75, 3.05) is 6.61 Å². The average molecular weight is 251 g/mol. The second-order valence-electron chi connectivity index (χ2n) is 4.06. The van der Waals surface area contributed by atoms with Gasteiger partial charge in [0.15, 0.2) is 0 Å². The standard InChI is InChI=1S/C16H13NO2/c17-12-14-6-8-15(9-7-14)16(18)19-11-10-13-4-2-1-3-5-13/h1-9H,10-11H2. The topological polar surface area (TPSA) is 50.1 Å². The lowest BCUT2D eigenvalue weighted by Crippen LogP contribution is -2.08. The largest absolute Gasteiger partial charge is 0.462 e. The van der Waals surface area contributed by atoms with Gasteiger partial charge in [-0.1, -0.05) is 30.3 Å². The summed E-state index contributed by atoms with van der Waals surface area (Å²) < 4.78 is 5.18. The van der Waals surface area contributed by atoms with E-state index in [0.29, 0.717) is 24.2 Å². The zero-order chi connectivity index (χ0) is 13.5. The molecule has 0 N–H and O–H groups in total. The van der Waals surface area contributed by atoms with Gasteiger partial charge in [0, 0.05) is 6.42 Å². The average Bonchev–Trinajstić information content (AvgIpc) is 2.48. The van der Waals surface area contributed by atoms with E-state index in [-0.39, 0.29) is 5.97 Å². The van der Waals surface area contributed by atoms with Crippen molar-refractivity contribution in [3.63, 3.8) is 0 Å². The predicted molar refractivity (Wildman–Crippen MR) is 71.6 cm³/mol. The highest BCUT2D eigenvalue weighted by Crippen LogP contribution is 2.06. The molecule has 0 radical (unpaired) electrons. The van der Waals surface area contributed by atoms with Gasteiger partial charge in [-0.15, -0.1) is 0 Å². The molecule has 3 heteroatoms. The highest BCUT2D eigenvalue weighted by molar-refractivity contribution is 5.89. The van der Waals surface area contributed by atoms with Crippen molar-refractivity contribution >= 4 is 5.97 Å². The molecule has 0 amide bonds. The Hall–Kier alpha value is -2.60. The van der Waals surface area contributed by atoms with Crippen molar-refractivity contribution in [1.29, 1.82) is 5.26 Å². The van der Waals surface area contributed by atoms with Crippen molar-refractivity contribution in [2.24, 2.45) is 0 Å². The van der Waals surface area contributed by atoms with E-state index in [2.05, 4.69) is 0 Å². The highest BCUT2D eigenvalue weighted by atomic mass is 16.5. The van der Waals surface area contributed by atoms with Crippen LogP contribution in [0.5, 0.6) is 0 Å². The summed E-state index contributed by atoms with van der Waals surface area (Å²) in [6, 6.07) is 18.3. The maximum atomic E-state index is 11.7. The van der Waals surface area contributed by atoms with E-state index < -0.39 is 0 Å². The summed E-state index contributed by atoms with van der Waals surface area (Å²) in [5.41, 5.74) is 2.13. The summed E-state index contributed by atoms with van der Waals surface area (Å²) in [6.45, 7) is 0.350. The minimum atomic E-state index is -0.361. The van der Waals surface area contributed by atoms with Crippen LogP contribution in [0.1, 0.15) is 21.5 Å². The normalized spacial score (nSPS) is 9.63. The third kappa shape index (κ3) is 3.68. The van der Waals surface area contributed by atoms with E-state index >= 15 is 0 Å². The molecule has 0 aliphatic carbocycles. The molecule has 3 nitrogen and oxygen atoms in total. The van der Waals surface area contributed by atoms with E-state index in [1.165, 1.54) is 0 Å². The van der Waals surface area contributed by atoms with Gasteiger partial charge in [0.2, 0.25) is 0 Å². The van der Waals surface area contributed by atoms with E-state index in [1.807, 2.05) is 36.4 Å². The molecule has 0 aliphatic rings. The maximum Gasteiger partial charge on any atom is 0.338 e. The van der Waals surface area contributed by atoms with Crippen molar-refractivity contribution in [2.45, 2.75) is 6.42 Å². The lowest BCUT2D eigenvalue weighted by molar-refractivity contribution is 0.0509. The Labute approximate surface area is 112 Å². The smallest absolute Gasteiger partial charge is 0.338 e. The highest BCUT2D eigenvalue weighted by Gasteiger charge is 2.06. The number of nitriles is 1. The van der Waals surface area contributed by atoms with Crippen molar-refractivity contribution in [1.82, 2.24) is 0 Å². The zero-order valence-electron chi connectivity index (χ0n) is 10.4. The first-order valence-electron chi connectivity index (χ1n) is 6.01. The molecule has 0 fully saturated rings. The van der Waals surface area contributed by atoms with Gasteiger partial charge in [0.1, 0.15) is 0 Å². The van der Waals surface area contributed by atoms with Gasteiger partial charge in [-0.05, 0) is 29.8 Å². The summed E-state index contributed by atoms with van der Waals surface area (Å²) in [5.74, 6) is -0.361. The number of rotatable bonds is 4. The molecule has 0 saturated carbocycles. The van der Waals surface area contributed by atoms with Gasteiger partial charge >= 0.3 is 5.97 Å². The third-order valence-corrected chi connectivity index (χ3v) is 2.72. The van der Waals surface area contributed by atoms with E-state index in [1.54, 1.807) is 24.3 Å². The first-order valence-corrected chi connectivity index (χ1v) is 6.01. The van der Waals surface area contributed by atoms with Crippen molar-refractivity contribution in [3.05, 3.63) is 71.3 Å². The molecule has 2 rings (SSSR count). The molecule has 0 aliphatic heterocycles. The lowest BCUT2D eigenvalue weighted by Gasteiger charge is -2.05. The Morgan fingerprint density at radius 3 is 2.37 bits per heavy atom. The number of carbonyl (C=O) groups is 1. The van der Waals surface area contributed by atoms with Crippen molar-refractivity contribution in [3.8, 4) is 6.07 Å². The van der Waals surface area contributed by atoms with Gasteiger partial charge < -0.3 is 4.74 Å². The number of hydrogen-bond acceptors (Lipinski definition) is 3. The van der Waals surface area contributed by atoms with Crippen LogP contribution in [0.25, 0.3) is 0 Å². The summed E-state index contributed by atoms with van der Waals surface area (Å²) in [7, 11) is 0. The van der Waals surface area contributed by atoms with E-state index in [0.717, 1.165) is 5.56 Å². The fraction of sp³-hybridized carbons (Fsp3) is 0.125. The van der Waals surface area contributed by atoms with Gasteiger partial charge in [-0.2, -0.15) is 5.26 Å². The van der Waals surface area contributed by atoms with E-state index in [4.69, 9.17) is 10.00 Å².